The Labute approximate surface area is 178 Å². The Balaban J connectivity index is 1.78. The van der Waals surface area contributed by atoms with Crippen molar-refractivity contribution in [2.24, 2.45) is 0 Å². The Bertz CT molecular complexity index is 1320. The summed E-state index contributed by atoms with van der Waals surface area (Å²) in [6.07, 6.45) is 0. The molecule has 0 radical (unpaired) electrons. The minimum absolute atomic E-state index is 0.0975. The summed E-state index contributed by atoms with van der Waals surface area (Å²) in [6, 6.07) is 10.9. The van der Waals surface area contributed by atoms with Gasteiger partial charge in [-0.05, 0) is 50.2 Å². The molecule has 1 heterocycles. The molecule has 0 saturated carbocycles. The highest BCUT2D eigenvalue weighted by Crippen LogP contribution is 2.21. The molecule has 0 aliphatic carbocycles. The van der Waals surface area contributed by atoms with Crippen molar-refractivity contribution >= 4 is 37.2 Å². The van der Waals surface area contributed by atoms with Crippen LogP contribution in [0.15, 0.2) is 64.4 Å². The Morgan fingerprint density at radius 2 is 1.32 bits per heavy atom. The minimum Gasteiger partial charge on any atom is -0.280 e. The number of nitro groups is 1. The highest BCUT2D eigenvalue weighted by atomic mass is 32.2. The number of aromatic nitrogens is 2. The van der Waals surface area contributed by atoms with Gasteiger partial charge in [0.15, 0.2) is 0 Å². The average molecular weight is 463 g/mol. The molecule has 0 aliphatic rings. The number of sulfonamides is 2. The molecule has 3 rings (SSSR count). The van der Waals surface area contributed by atoms with Gasteiger partial charge in [-0.15, -0.1) is 0 Å². The molecule has 0 spiro atoms. The predicted octanol–water partition coefficient (Wildman–Crippen LogP) is 2.60. The standard InChI is InChI=1S/C18H17N5O6S2/c1-12-11-18(20-13(2)19-12)22-31(28,29)16-7-3-14(4-8-16)21-30(26,27)17-9-5-15(6-10-17)23(24)25/h3-11,21H,1-2H3,(H,19,20,22). The average Bonchev–Trinajstić information content (AvgIpc) is 2.67. The molecule has 1 aromatic heterocycles. The number of nitrogens with zero attached hydrogens (tertiary/aromatic N) is 3. The molecule has 0 saturated heterocycles. The third kappa shape index (κ3) is 5.32. The second-order valence-electron chi connectivity index (χ2n) is 6.43. The molecule has 0 amide bonds. The lowest BCUT2D eigenvalue weighted by molar-refractivity contribution is -0.384. The molecule has 2 aromatic carbocycles. The first-order valence-electron chi connectivity index (χ1n) is 8.69. The second kappa shape index (κ2) is 8.28. The molecule has 13 heteroatoms. The van der Waals surface area contributed by atoms with Crippen LogP contribution in [-0.4, -0.2) is 31.7 Å². The van der Waals surface area contributed by atoms with Gasteiger partial charge in [-0.2, -0.15) is 0 Å². The van der Waals surface area contributed by atoms with Gasteiger partial charge >= 0.3 is 0 Å². The van der Waals surface area contributed by atoms with E-state index < -0.39 is 25.0 Å². The number of nitro benzene ring substituents is 1. The summed E-state index contributed by atoms with van der Waals surface area (Å²) in [5.74, 6) is 0.529. The SMILES string of the molecule is Cc1cc(NS(=O)(=O)c2ccc(NS(=O)(=O)c3ccc([N+](=O)[O-])cc3)cc2)nc(C)n1. The van der Waals surface area contributed by atoms with Crippen molar-refractivity contribution in [1.82, 2.24) is 9.97 Å². The van der Waals surface area contributed by atoms with E-state index in [4.69, 9.17) is 0 Å². The summed E-state index contributed by atoms with van der Waals surface area (Å²) in [5, 5.41) is 10.7. The van der Waals surface area contributed by atoms with Crippen LogP contribution in [0.1, 0.15) is 11.5 Å². The highest BCUT2D eigenvalue weighted by molar-refractivity contribution is 7.93. The number of hydrogen-bond acceptors (Lipinski definition) is 8. The number of anilines is 2. The van der Waals surface area contributed by atoms with Gasteiger partial charge in [0.2, 0.25) is 0 Å². The zero-order valence-electron chi connectivity index (χ0n) is 16.3. The van der Waals surface area contributed by atoms with Crippen LogP contribution < -0.4 is 9.44 Å². The third-order valence-electron chi connectivity index (χ3n) is 3.98. The van der Waals surface area contributed by atoms with E-state index in [-0.39, 0.29) is 27.0 Å². The Morgan fingerprint density at radius 1 is 0.806 bits per heavy atom. The fraction of sp³-hybridized carbons (Fsp3) is 0.111. The van der Waals surface area contributed by atoms with Gasteiger partial charge in [-0.3, -0.25) is 19.6 Å². The summed E-state index contributed by atoms with van der Waals surface area (Å²) >= 11 is 0. The van der Waals surface area contributed by atoms with Crippen LogP contribution in [0.5, 0.6) is 0 Å². The molecule has 0 aliphatic heterocycles. The lowest BCUT2D eigenvalue weighted by Gasteiger charge is -2.11. The molecule has 0 fully saturated rings. The van der Waals surface area contributed by atoms with Crippen molar-refractivity contribution < 1.29 is 21.8 Å². The van der Waals surface area contributed by atoms with Crippen molar-refractivity contribution in [3.8, 4) is 0 Å². The van der Waals surface area contributed by atoms with Crippen LogP contribution >= 0.6 is 0 Å². The molecule has 3 aromatic rings. The Morgan fingerprint density at radius 3 is 1.84 bits per heavy atom. The van der Waals surface area contributed by atoms with Gasteiger partial charge in [-0.1, -0.05) is 0 Å². The normalized spacial score (nSPS) is 11.7. The summed E-state index contributed by atoms with van der Waals surface area (Å²) in [4.78, 5) is 17.9. The maximum Gasteiger partial charge on any atom is 0.269 e. The lowest BCUT2D eigenvalue weighted by atomic mass is 10.3. The number of aryl methyl sites for hydroxylation is 2. The van der Waals surface area contributed by atoms with Crippen LogP contribution in [-0.2, 0) is 20.0 Å². The van der Waals surface area contributed by atoms with E-state index >= 15 is 0 Å². The molecule has 11 nitrogen and oxygen atoms in total. The largest absolute Gasteiger partial charge is 0.280 e. The van der Waals surface area contributed by atoms with Crippen molar-refractivity contribution in [1.29, 1.82) is 0 Å². The van der Waals surface area contributed by atoms with Crippen LogP contribution in [0.2, 0.25) is 0 Å². The van der Waals surface area contributed by atoms with Gasteiger partial charge in [0.25, 0.3) is 25.7 Å². The van der Waals surface area contributed by atoms with Gasteiger partial charge in [-0.25, -0.2) is 26.8 Å². The molecule has 0 atom stereocenters. The topological polar surface area (TPSA) is 161 Å². The van der Waals surface area contributed by atoms with E-state index in [2.05, 4.69) is 19.4 Å². The van der Waals surface area contributed by atoms with Gasteiger partial charge < -0.3 is 0 Å². The van der Waals surface area contributed by atoms with E-state index in [9.17, 15) is 26.9 Å². The van der Waals surface area contributed by atoms with Gasteiger partial charge in [0, 0.05) is 29.6 Å². The van der Waals surface area contributed by atoms with Crippen LogP contribution in [0.4, 0.5) is 17.2 Å². The predicted molar refractivity (Wildman–Crippen MR) is 113 cm³/mol. The van der Waals surface area contributed by atoms with Crippen LogP contribution in [0, 0.1) is 24.0 Å². The van der Waals surface area contributed by atoms with Gasteiger partial charge in [0.05, 0.1) is 14.7 Å². The smallest absolute Gasteiger partial charge is 0.269 e. The zero-order valence-corrected chi connectivity index (χ0v) is 17.9. The number of rotatable bonds is 7. The van der Waals surface area contributed by atoms with E-state index in [1.165, 1.54) is 30.3 Å². The summed E-state index contributed by atoms with van der Waals surface area (Å²) in [5.41, 5.74) is 0.474. The minimum atomic E-state index is -4.02. The fourth-order valence-electron chi connectivity index (χ4n) is 2.63. The fourth-order valence-corrected chi connectivity index (χ4v) is 4.68. The lowest BCUT2D eigenvalue weighted by Crippen LogP contribution is -2.15. The molecule has 162 valence electrons. The van der Waals surface area contributed by atoms with Crippen LogP contribution in [0.25, 0.3) is 0 Å². The number of non-ortho nitro benzene ring substituents is 1. The molecule has 0 bridgehead atoms. The maximum atomic E-state index is 12.6. The van der Waals surface area contributed by atoms with E-state index in [1.54, 1.807) is 13.8 Å². The summed E-state index contributed by atoms with van der Waals surface area (Å²) < 4.78 is 54.7. The number of hydrogen-bond donors (Lipinski definition) is 2. The van der Waals surface area contributed by atoms with Crippen molar-refractivity contribution in [2.75, 3.05) is 9.44 Å². The van der Waals surface area contributed by atoms with Crippen molar-refractivity contribution in [3.63, 3.8) is 0 Å². The molecule has 31 heavy (non-hydrogen) atoms. The first-order valence-corrected chi connectivity index (χ1v) is 11.7. The van der Waals surface area contributed by atoms with Crippen LogP contribution in [0.3, 0.4) is 0 Å². The van der Waals surface area contributed by atoms with E-state index in [0.29, 0.717) is 11.5 Å². The molecule has 2 N–H and O–H groups in total. The first kappa shape index (κ1) is 22.1. The van der Waals surface area contributed by atoms with Gasteiger partial charge in [0.1, 0.15) is 11.6 Å². The zero-order chi connectivity index (χ0) is 22.8. The van der Waals surface area contributed by atoms with Crippen molar-refractivity contribution in [2.45, 2.75) is 23.6 Å². The quantitative estimate of drug-likeness (QED) is 0.399. The maximum absolute atomic E-state index is 12.6. The molecule has 0 unspecified atom stereocenters. The van der Waals surface area contributed by atoms with E-state index in [0.717, 1.165) is 24.3 Å². The van der Waals surface area contributed by atoms with E-state index in [1.807, 2.05) is 0 Å². The number of nitrogens with one attached hydrogen (secondary N) is 2. The third-order valence-corrected chi connectivity index (χ3v) is 6.75. The van der Waals surface area contributed by atoms with Crippen molar-refractivity contribution in [3.05, 3.63) is 76.2 Å². The summed E-state index contributed by atoms with van der Waals surface area (Å²) in [7, 11) is -7.97. The number of benzene rings is 2. The Kier molecular flexibility index (Phi) is 5.90. The molecular weight excluding hydrogens is 446 g/mol. The second-order valence-corrected chi connectivity index (χ2v) is 9.79. The molecular formula is C18H17N5O6S2. The Hall–Kier alpha value is -3.58. The highest BCUT2D eigenvalue weighted by Gasteiger charge is 2.18. The first-order chi connectivity index (χ1) is 14.5. The summed E-state index contributed by atoms with van der Waals surface area (Å²) in [6.45, 7) is 3.34. The monoisotopic (exact) mass is 463 g/mol.